The lowest BCUT2D eigenvalue weighted by atomic mass is 9.94. The highest BCUT2D eigenvalue weighted by molar-refractivity contribution is 6.31. The molecule has 0 N–H and O–H groups in total. The quantitative estimate of drug-likeness (QED) is 0.582. The first-order valence-electron chi connectivity index (χ1n) is 9.20. The highest BCUT2D eigenvalue weighted by atomic mass is 35.5. The van der Waals surface area contributed by atoms with Crippen molar-refractivity contribution in [1.82, 2.24) is 9.88 Å². The van der Waals surface area contributed by atoms with Gasteiger partial charge in [-0.2, -0.15) is 0 Å². The number of halogens is 1. The number of hydrogen-bond donors (Lipinski definition) is 0. The summed E-state index contributed by atoms with van der Waals surface area (Å²) in [6, 6.07) is 10.4. The van der Waals surface area contributed by atoms with E-state index >= 15 is 0 Å². The number of rotatable bonds is 2. The average molecular weight is 381 g/mol. The van der Waals surface area contributed by atoms with E-state index in [0.29, 0.717) is 38.7 Å². The monoisotopic (exact) mass is 380 g/mol. The van der Waals surface area contributed by atoms with Crippen LogP contribution in [0, 0.1) is 0 Å². The van der Waals surface area contributed by atoms with E-state index in [1.54, 1.807) is 36.4 Å². The van der Waals surface area contributed by atoms with Crippen molar-refractivity contribution < 1.29 is 14.0 Å². The number of hydrogen-bond acceptors (Lipinski definition) is 4. The van der Waals surface area contributed by atoms with E-state index in [1.165, 1.54) is 11.3 Å². The van der Waals surface area contributed by atoms with Crippen molar-refractivity contribution in [3.05, 3.63) is 52.5 Å². The van der Waals surface area contributed by atoms with Crippen LogP contribution in [0.4, 0.5) is 0 Å². The van der Waals surface area contributed by atoms with Crippen LogP contribution in [0.15, 0.2) is 40.8 Å². The number of carbonyl (C=O) groups is 2. The molecule has 2 aliphatic rings. The summed E-state index contributed by atoms with van der Waals surface area (Å²) < 4.78 is 5.79. The summed E-state index contributed by atoms with van der Waals surface area (Å²) in [6.45, 7) is 0. The van der Waals surface area contributed by atoms with E-state index < -0.39 is 0 Å². The SMILES string of the molecule is O=C1c2ccc(-c3nc4cc(Cl)ccc4o3)cc2C(=O)N1C1CCCCC1. The molecular formula is C21H17ClN2O3. The predicted octanol–water partition coefficient (Wildman–Crippen LogP) is 5.08. The van der Waals surface area contributed by atoms with Crippen LogP contribution < -0.4 is 0 Å². The van der Waals surface area contributed by atoms with Gasteiger partial charge in [0.05, 0.1) is 11.1 Å². The minimum atomic E-state index is -0.206. The fourth-order valence-corrected chi connectivity index (χ4v) is 4.25. The van der Waals surface area contributed by atoms with Gasteiger partial charge in [-0.25, -0.2) is 4.98 Å². The van der Waals surface area contributed by atoms with Crippen LogP contribution in [0.25, 0.3) is 22.6 Å². The van der Waals surface area contributed by atoms with Crippen molar-refractivity contribution >= 4 is 34.5 Å². The molecule has 1 aromatic heterocycles. The van der Waals surface area contributed by atoms with Gasteiger partial charge in [0.2, 0.25) is 5.89 Å². The zero-order valence-corrected chi connectivity index (χ0v) is 15.3. The second-order valence-corrected chi connectivity index (χ2v) is 7.60. The van der Waals surface area contributed by atoms with Crippen LogP contribution in [0.3, 0.4) is 0 Å². The maximum atomic E-state index is 12.9. The Morgan fingerprint density at radius 1 is 0.963 bits per heavy atom. The van der Waals surface area contributed by atoms with Crippen LogP contribution >= 0.6 is 11.6 Å². The van der Waals surface area contributed by atoms with Crippen molar-refractivity contribution in [2.75, 3.05) is 0 Å². The molecule has 1 saturated carbocycles. The van der Waals surface area contributed by atoms with Crippen molar-refractivity contribution in [2.24, 2.45) is 0 Å². The third-order valence-corrected chi connectivity index (χ3v) is 5.69. The summed E-state index contributed by atoms with van der Waals surface area (Å²) in [5.74, 6) is 0.0205. The van der Waals surface area contributed by atoms with Gasteiger partial charge in [0.25, 0.3) is 11.8 Å². The molecule has 0 bridgehead atoms. The Morgan fingerprint density at radius 3 is 2.56 bits per heavy atom. The molecule has 0 atom stereocenters. The maximum absolute atomic E-state index is 12.9. The number of carbonyl (C=O) groups excluding carboxylic acids is 2. The van der Waals surface area contributed by atoms with Crippen molar-refractivity contribution in [2.45, 2.75) is 38.1 Å². The second kappa shape index (κ2) is 6.20. The van der Waals surface area contributed by atoms with Crippen LogP contribution in [0.5, 0.6) is 0 Å². The van der Waals surface area contributed by atoms with Gasteiger partial charge in [0.15, 0.2) is 5.58 Å². The normalized spacial score (nSPS) is 17.7. The molecule has 27 heavy (non-hydrogen) atoms. The van der Waals surface area contributed by atoms with E-state index in [4.69, 9.17) is 16.0 Å². The first-order valence-corrected chi connectivity index (χ1v) is 9.58. The molecule has 136 valence electrons. The molecule has 1 aliphatic carbocycles. The summed E-state index contributed by atoms with van der Waals surface area (Å²) in [4.78, 5) is 31.6. The number of oxazole rings is 1. The van der Waals surface area contributed by atoms with E-state index in [0.717, 1.165) is 25.7 Å². The van der Waals surface area contributed by atoms with Crippen molar-refractivity contribution in [1.29, 1.82) is 0 Å². The van der Waals surface area contributed by atoms with Crippen LogP contribution in [0.1, 0.15) is 52.8 Å². The summed E-state index contributed by atoms with van der Waals surface area (Å²) in [6.07, 6.45) is 5.09. The van der Waals surface area contributed by atoms with Crippen LogP contribution in [-0.2, 0) is 0 Å². The Bertz CT molecular complexity index is 1080. The Labute approximate surface area is 160 Å². The third kappa shape index (κ3) is 2.65. The Kier molecular flexibility index (Phi) is 3.79. The lowest BCUT2D eigenvalue weighted by molar-refractivity contribution is 0.0549. The molecule has 0 radical (unpaired) electrons. The number of aromatic nitrogens is 1. The van der Waals surface area contributed by atoms with Gasteiger partial charge in [-0.05, 0) is 49.2 Å². The minimum absolute atomic E-state index is 0.0149. The molecule has 0 spiro atoms. The molecule has 5 nitrogen and oxygen atoms in total. The third-order valence-electron chi connectivity index (χ3n) is 5.45. The number of benzene rings is 2. The number of amides is 2. The summed E-state index contributed by atoms with van der Waals surface area (Å²) in [5.41, 5.74) is 2.86. The fraction of sp³-hybridized carbons (Fsp3) is 0.286. The smallest absolute Gasteiger partial charge is 0.261 e. The van der Waals surface area contributed by atoms with Gasteiger partial charge < -0.3 is 4.42 Å². The van der Waals surface area contributed by atoms with E-state index in [1.807, 2.05) is 0 Å². The molecule has 2 heterocycles. The first-order chi connectivity index (χ1) is 13.1. The van der Waals surface area contributed by atoms with Gasteiger partial charge in [-0.3, -0.25) is 14.5 Å². The predicted molar refractivity (Wildman–Crippen MR) is 102 cm³/mol. The summed E-state index contributed by atoms with van der Waals surface area (Å²) in [5, 5.41) is 0.584. The lowest BCUT2D eigenvalue weighted by Gasteiger charge is -2.29. The summed E-state index contributed by atoms with van der Waals surface area (Å²) >= 11 is 6.01. The minimum Gasteiger partial charge on any atom is -0.436 e. The average Bonchev–Trinajstić information content (AvgIpc) is 3.21. The highest BCUT2D eigenvalue weighted by Crippen LogP contribution is 2.34. The Morgan fingerprint density at radius 2 is 1.74 bits per heavy atom. The molecule has 5 rings (SSSR count). The van der Waals surface area contributed by atoms with E-state index in [-0.39, 0.29) is 17.9 Å². The van der Waals surface area contributed by atoms with Crippen LogP contribution in [0.2, 0.25) is 5.02 Å². The van der Waals surface area contributed by atoms with Gasteiger partial charge in [-0.15, -0.1) is 0 Å². The van der Waals surface area contributed by atoms with Gasteiger partial charge >= 0.3 is 0 Å². The summed E-state index contributed by atoms with van der Waals surface area (Å²) in [7, 11) is 0. The zero-order valence-electron chi connectivity index (χ0n) is 14.6. The van der Waals surface area contributed by atoms with Crippen LogP contribution in [-0.4, -0.2) is 27.7 Å². The largest absolute Gasteiger partial charge is 0.436 e. The first kappa shape index (κ1) is 16.5. The standard InChI is InChI=1S/C21H17ClN2O3/c22-13-7-9-18-17(11-13)23-19(27-18)12-6-8-15-16(10-12)21(26)24(20(15)25)14-4-2-1-3-5-14/h6-11,14H,1-5H2. The van der Waals surface area contributed by atoms with E-state index in [2.05, 4.69) is 4.98 Å². The topological polar surface area (TPSA) is 63.4 Å². The molecule has 3 aromatic rings. The van der Waals surface area contributed by atoms with Crippen molar-refractivity contribution in [3.8, 4) is 11.5 Å². The molecule has 2 amide bonds. The molecule has 6 heteroatoms. The zero-order chi connectivity index (χ0) is 18.5. The molecule has 1 aliphatic heterocycles. The molecule has 0 unspecified atom stereocenters. The van der Waals surface area contributed by atoms with Gasteiger partial charge in [-0.1, -0.05) is 30.9 Å². The molecule has 0 saturated heterocycles. The van der Waals surface area contributed by atoms with Gasteiger partial charge in [0.1, 0.15) is 5.52 Å². The second-order valence-electron chi connectivity index (χ2n) is 7.16. The fourth-order valence-electron chi connectivity index (χ4n) is 4.09. The van der Waals surface area contributed by atoms with Gasteiger partial charge in [0, 0.05) is 16.6 Å². The number of imide groups is 1. The van der Waals surface area contributed by atoms with Crippen molar-refractivity contribution in [3.63, 3.8) is 0 Å². The Balaban J connectivity index is 1.53. The lowest BCUT2D eigenvalue weighted by Crippen LogP contribution is -2.40. The molecule has 1 fully saturated rings. The Hall–Kier alpha value is -2.66. The maximum Gasteiger partial charge on any atom is 0.261 e. The number of nitrogens with zero attached hydrogens (tertiary/aromatic N) is 2. The van der Waals surface area contributed by atoms with E-state index in [9.17, 15) is 9.59 Å². The highest BCUT2D eigenvalue weighted by Gasteiger charge is 2.40. The molecular weight excluding hydrogens is 364 g/mol. The number of fused-ring (bicyclic) bond motifs is 2. The molecule has 2 aromatic carbocycles.